The van der Waals surface area contributed by atoms with Crippen molar-refractivity contribution in [1.82, 2.24) is 15.3 Å². The van der Waals surface area contributed by atoms with E-state index in [9.17, 15) is 4.79 Å². The summed E-state index contributed by atoms with van der Waals surface area (Å²) in [6.07, 6.45) is 5.22. The van der Waals surface area contributed by atoms with E-state index in [1.165, 1.54) is 0 Å². The molecule has 5 nitrogen and oxygen atoms in total. The third kappa shape index (κ3) is 5.13. The normalized spacial score (nSPS) is 10.5. The largest absolute Gasteiger partial charge is 0.484 e. The average Bonchev–Trinajstić information content (AvgIpc) is 3.14. The zero-order valence-electron chi connectivity index (χ0n) is 14.6. The van der Waals surface area contributed by atoms with Crippen molar-refractivity contribution >= 4 is 17.2 Å². The standard InChI is InChI=1S/C20H21N3O2S/c1-15-5-2-3-6-18(15)25-13-19(24)22-10-4-7-20-23-17(14-26-20)16-8-11-21-12-9-16/h2-3,5-6,8-9,11-12,14H,4,7,10,13H2,1H3,(H,22,24). The summed E-state index contributed by atoms with van der Waals surface area (Å²) >= 11 is 1.64. The average molecular weight is 367 g/mol. The van der Waals surface area contributed by atoms with Gasteiger partial charge in [-0.25, -0.2) is 4.98 Å². The van der Waals surface area contributed by atoms with Gasteiger partial charge in [0.15, 0.2) is 6.61 Å². The van der Waals surface area contributed by atoms with Gasteiger partial charge >= 0.3 is 0 Å². The number of nitrogens with one attached hydrogen (secondary N) is 1. The van der Waals surface area contributed by atoms with E-state index in [0.717, 1.165) is 40.4 Å². The molecule has 3 rings (SSSR count). The second-order valence-corrected chi connectivity index (χ2v) is 6.81. The van der Waals surface area contributed by atoms with Gasteiger partial charge in [-0.1, -0.05) is 18.2 Å². The van der Waals surface area contributed by atoms with E-state index in [1.807, 2.05) is 43.3 Å². The molecule has 6 heteroatoms. The lowest BCUT2D eigenvalue weighted by Gasteiger charge is -2.09. The minimum absolute atomic E-state index is 0.0360. The van der Waals surface area contributed by atoms with Gasteiger partial charge in [0, 0.05) is 36.3 Å². The van der Waals surface area contributed by atoms with Crippen LogP contribution in [0.15, 0.2) is 54.2 Å². The highest BCUT2D eigenvalue weighted by molar-refractivity contribution is 7.09. The van der Waals surface area contributed by atoms with Crippen LogP contribution in [0.5, 0.6) is 5.75 Å². The molecule has 0 unspecified atom stereocenters. The number of para-hydroxylation sites is 1. The Hall–Kier alpha value is -2.73. The monoisotopic (exact) mass is 367 g/mol. The Bertz CT molecular complexity index is 849. The summed E-state index contributed by atoms with van der Waals surface area (Å²) in [6.45, 7) is 2.61. The van der Waals surface area contributed by atoms with Crippen molar-refractivity contribution in [2.75, 3.05) is 13.2 Å². The third-order valence-corrected chi connectivity index (χ3v) is 4.78. The van der Waals surface area contributed by atoms with E-state index in [4.69, 9.17) is 4.74 Å². The van der Waals surface area contributed by atoms with Crippen molar-refractivity contribution in [1.29, 1.82) is 0 Å². The summed E-state index contributed by atoms with van der Waals surface area (Å²) < 4.78 is 5.54. The number of thiazole rings is 1. The molecular formula is C20H21N3O2S. The van der Waals surface area contributed by atoms with Crippen LogP contribution >= 0.6 is 11.3 Å². The number of amides is 1. The molecule has 1 amide bonds. The number of aromatic nitrogens is 2. The van der Waals surface area contributed by atoms with Crippen molar-refractivity contribution < 1.29 is 9.53 Å². The molecule has 0 aliphatic heterocycles. The van der Waals surface area contributed by atoms with Crippen LogP contribution in [0.3, 0.4) is 0 Å². The minimum atomic E-state index is -0.107. The molecule has 1 aromatic carbocycles. The van der Waals surface area contributed by atoms with Gasteiger partial charge in [0.1, 0.15) is 5.75 Å². The Labute approximate surface area is 157 Å². The van der Waals surface area contributed by atoms with Crippen molar-refractivity contribution in [3.05, 3.63) is 64.7 Å². The molecule has 0 saturated heterocycles. The van der Waals surface area contributed by atoms with E-state index >= 15 is 0 Å². The molecule has 26 heavy (non-hydrogen) atoms. The maximum Gasteiger partial charge on any atom is 0.257 e. The first-order valence-corrected chi connectivity index (χ1v) is 9.40. The maximum absolute atomic E-state index is 11.9. The second-order valence-electron chi connectivity index (χ2n) is 5.87. The van der Waals surface area contributed by atoms with Gasteiger partial charge in [0.05, 0.1) is 10.7 Å². The molecule has 2 heterocycles. The molecule has 134 valence electrons. The van der Waals surface area contributed by atoms with E-state index < -0.39 is 0 Å². The van der Waals surface area contributed by atoms with Gasteiger partial charge in [-0.05, 0) is 37.1 Å². The van der Waals surface area contributed by atoms with E-state index in [0.29, 0.717) is 6.54 Å². The number of hydrogen-bond donors (Lipinski definition) is 1. The van der Waals surface area contributed by atoms with Crippen LogP contribution in [0.1, 0.15) is 17.0 Å². The molecule has 3 aromatic rings. The highest BCUT2D eigenvalue weighted by atomic mass is 32.1. The lowest BCUT2D eigenvalue weighted by atomic mass is 10.2. The van der Waals surface area contributed by atoms with Crippen LogP contribution in [-0.4, -0.2) is 29.0 Å². The summed E-state index contributed by atoms with van der Waals surface area (Å²) in [7, 11) is 0. The Balaban J connectivity index is 1.37. The first-order chi connectivity index (χ1) is 12.7. The van der Waals surface area contributed by atoms with Crippen LogP contribution in [0.25, 0.3) is 11.3 Å². The minimum Gasteiger partial charge on any atom is -0.484 e. The Morgan fingerprint density at radius 1 is 1.19 bits per heavy atom. The summed E-state index contributed by atoms with van der Waals surface area (Å²) in [4.78, 5) is 20.5. The van der Waals surface area contributed by atoms with E-state index in [-0.39, 0.29) is 12.5 Å². The van der Waals surface area contributed by atoms with Crippen LogP contribution < -0.4 is 10.1 Å². The number of pyridine rings is 1. The highest BCUT2D eigenvalue weighted by Crippen LogP contribution is 2.21. The predicted octanol–water partition coefficient (Wildman–Crippen LogP) is 3.64. The Kier molecular flexibility index (Phi) is 6.33. The Morgan fingerprint density at radius 3 is 2.81 bits per heavy atom. The molecule has 1 N–H and O–H groups in total. The van der Waals surface area contributed by atoms with Gasteiger partial charge in [-0.15, -0.1) is 11.3 Å². The molecule has 0 radical (unpaired) electrons. The van der Waals surface area contributed by atoms with E-state index in [2.05, 4.69) is 20.7 Å². The first-order valence-electron chi connectivity index (χ1n) is 8.52. The molecule has 2 aromatic heterocycles. The number of carbonyl (C=O) groups excluding carboxylic acids is 1. The van der Waals surface area contributed by atoms with Gasteiger partial charge < -0.3 is 10.1 Å². The van der Waals surface area contributed by atoms with Gasteiger partial charge in [0.25, 0.3) is 5.91 Å². The molecule has 0 aliphatic rings. The number of ether oxygens (including phenoxy) is 1. The zero-order chi connectivity index (χ0) is 18.2. The summed E-state index contributed by atoms with van der Waals surface area (Å²) in [5, 5.41) is 6.01. The third-order valence-electron chi connectivity index (χ3n) is 3.87. The maximum atomic E-state index is 11.9. The van der Waals surface area contributed by atoms with Crippen LogP contribution in [0.4, 0.5) is 0 Å². The van der Waals surface area contributed by atoms with Crippen LogP contribution in [0.2, 0.25) is 0 Å². The molecule has 0 atom stereocenters. The second kappa shape index (κ2) is 9.10. The number of nitrogens with zero attached hydrogens (tertiary/aromatic N) is 2. The Morgan fingerprint density at radius 2 is 2.00 bits per heavy atom. The van der Waals surface area contributed by atoms with Crippen molar-refractivity contribution in [3.63, 3.8) is 0 Å². The number of rotatable bonds is 8. The van der Waals surface area contributed by atoms with Gasteiger partial charge in [0.2, 0.25) is 0 Å². The molecule has 0 saturated carbocycles. The molecule has 0 fully saturated rings. The molecule has 0 aliphatic carbocycles. The zero-order valence-corrected chi connectivity index (χ0v) is 15.5. The fraction of sp³-hybridized carbons (Fsp3) is 0.250. The predicted molar refractivity (Wildman–Crippen MR) is 103 cm³/mol. The first kappa shape index (κ1) is 18.1. The number of aryl methyl sites for hydroxylation is 2. The quantitative estimate of drug-likeness (QED) is 0.618. The number of benzene rings is 1. The highest BCUT2D eigenvalue weighted by Gasteiger charge is 2.06. The SMILES string of the molecule is Cc1ccccc1OCC(=O)NCCCc1nc(-c2ccncc2)cs1. The van der Waals surface area contributed by atoms with E-state index in [1.54, 1.807) is 23.7 Å². The van der Waals surface area contributed by atoms with Gasteiger partial charge in [-0.2, -0.15) is 0 Å². The topological polar surface area (TPSA) is 64.1 Å². The summed E-state index contributed by atoms with van der Waals surface area (Å²) in [6, 6.07) is 11.6. The van der Waals surface area contributed by atoms with Crippen LogP contribution in [-0.2, 0) is 11.2 Å². The summed E-state index contributed by atoms with van der Waals surface area (Å²) in [5.74, 6) is 0.638. The fourth-order valence-corrected chi connectivity index (χ4v) is 3.31. The lowest BCUT2D eigenvalue weighted by Crippen LogP contribution is -2.30. The van der Waals surface area contributed by atoms with Crippen LogP contribution in [0, 0.1) is 6.92 Å². The van der Waals surface area contributed by atoms with Crippen molar-refractivity contribution in [3.8, 4) is 17.0 Å². The summed E-state index contributed by atoms with van der Waals surface area (Å²) in [5.41, 5.74) is 3.07. The molecule has 0 spiro atoms. The smallest absolute Gasteiger partial charge is 0.257 e. The molecular weight excluding hydrogens is 346 g/mol. The van der Waals surface area contributed by atoms with Crippen molar-refractivity contribution in [2.24, 2.45) is 0 Å². The van der Waals surface area contributed by atoms with Crippen molar-refractivity contribution in [2.45, 2.75) is 19.8 Å². The van der Waals surface area contributed by atoms with Gasteiger partial charge in [-0.3, -0.25) is 9.78 Å². The number of hydrogen-bond acceptors (Lipinski definition) is 5. The molecule has 0 bridgehead atoms. The number of carbonyl (C=O) groups is 1. The fourth-order valence-electron chi connectivity index (χ4n) is 2.46. The lowest BCUT2D eigenvalue weighted by molar-refractivity contribution is -0.123.